The predicted octanol–water partition coefficient (Wildman–Crippen LogP) is 0.178. The number of ether oxygens (including phenoxy) is 2. The summed E-state index contributed by atoms with van der Waals surface area (Å²) in [6.45, 7) is 1.75. The molecular weight excluding hydrogens is 220 g/mol. The van der Waals surface area contributed by atoms with Crippen LogP contribution in [0.1, 0.15) is 32.1 Å². The quantitative estimate of drug-likeness (QED) is 0.668. The van der Waals surface area contributed by atoms with Gasteiger partial charge < -0.3 is 20.5 Å². The molecular formula is C12H22N2O3. The van der Waals surface area contributed by atoms with Crippen molar-refractivity contribution in [3.63, 3.8) is 0 Å². The number of primary amides is 1. The summed E-state index contributed by atoms with van der Waals surface area (Å²) in [5.41, 5.74) is 5.32. The number of nitrogens with two attached hydrogens (primary N) is 1. The summed E-state index contributed by atoms with van der Waals surface area (Å²) < 4.78 is 11.1. The van der Waals surface area contributed by atoms with Gasteiger partial charge in [0.25, 0.3) is 0 Å². The van der Waals surface area contributed by atoms with Gasteiger partial charge in [-0.2, -0.15) is 0 Å². The fraction of sp³-hybridized carbons (Fsp3) is 0.917. The number of carbonyl (C=O) groups excluding carboxylic acids is 1. The number of nitrogens with one attached hydrogen (secondary N) is 1. The third-order valence-corrected chi connectivity index (χ3v) is 3.22. The standard InChI is InChI=1S/C12H22N2O3/c13-12(15)11(14-9-4-5-9)8-16-7-10-3-1-2-6-17-10/h9-11,14H,1-8H2,(H2,13,15). The Labute approximate surface area is 102 Å². The molecule has 3 N–H and O–H groups in total. The first kappa shape index (κ1) is 12.8. The van der Waals surface area contributed by atoms with E-state index in [-0.39, 0.29) is 18.1 Å². The monoisotopic (exact) mass is 242 g/mol. The summed E-state index contributed by atoms with van der Waals surface area (Å²) in [5, 5.41) is 3.19. The molecule has 0 aromatic heterocycles. The normalized spacial score (nSPS) is 26.7. The second-order valence-electron chi connectivity index (χ2n) is 4.92. The smallest absolute Gasteiger partial charge is 0.236 e. The van der Waals surface area contributed by atoms with Crippen LogP contribution in [0.4, 0.5) is 0 Å². The van der Waals surface area contributed by atoms with Crippen LogP contribution >= 0.6 is 0 Å². The van der Waals surface area contributed by atoms with Crippen molar-refractivity contribution in [3.05, 3.63) is 0 Å². The first-order valence-corrected chi connectivity index (χ1v) is 6.50. The maximum absolute atomic E-state index is 11.2. The average molecular weight is 242 g/mol. The first-order chi connectivity index (χ1) is 8.25. The van der Waals surface area contributed by atoms with Crippen LogP contribution in [0.25, 0.3) is 0 Å². The largest absolute Gasteiger partial charge is 0.377 e. The van der Waals surface area contributed by atoms with Gasteiger partial charge in [0.15, 0.2) is 0 Å². The molecule has 2 fully saturated rings. The molecule has 0 radical (unpaired) electrons. The van der Waals surface area contributed by atoms with E-state index in [1.165, 1.54) is 6.42 Å². The highest BCUT2D eigenvalue weighted by molar-refractivity contribution is 5.80. The minimum atomic E-state index is -0.355. The molecule has 1 saturated carbocycles. The van der Waals surface area contributed by atoms with Gasteiger partial charge in [-0.25, -0.2) is 0 Å². The van der Waals surface area contributed by atoms with E-state index >= 15 is 0 Å². The summed E-state index contributed by atoms with van der Waals surface area (Å²) in [7, 11) is 0. The van der Waals surface area contributed by atoms with Gasteiger partial charge >= 0.3 is 0 Å². The second-order valence-corrected chi connectivity index (χ2v) is 4.92. The summed E-state index contributed by atoms with van der Waals surface area (Å²) in [6.07, 6.45) is 5.86. The Kier molecular flexibility index (Phi) is 4.76. The predicted molar refractivity (Wildman–Crippen MR) is 63.6 cm³/mol. The third-order valence-electron chi connectivity index (χ3n) is 3.22. The van der Waals surface area contributed by atoms with Crippen molar-refractivity contribution in [3.8, 4) is 0 Å². The van der Waals surface area contributed by atoms with Crippen LogP contribution < -0.4 is 11.1 Å². The van der Waals surface area contributed by atoms with Gasteiger partial charge in [-0.05, 0) is 32.1 Å². The lowest BCUT2D eigenvalue weighted by Crippen LogP contribution is -2.46. The van der Waals surface area contributed by atoms with Gasteiger partial charge in [-0.15, -0.1) is 0 Å². The Morgan fingerprint density at radius 3 is 2.82 bits per heavy atom. The van der Waals surface area contributed by atoms with Gasteiger partial charge in [0, 0.05) is 12.6 Å². The minimum Gasteiger partial charge on any atom is -0.377 e. The van der Waals surface area contributed by atoms with Crippen LogP contribution in [0.2, 0.25) is 0 Å². The molecule has 2 aliphatic rings. The maximum atomic E-state index is 11.2. The Morgan fingerprint density at radius 1 is 1.41 bits per heavy atom. The van der Waals surface area contributed by atoms with Crippen molar-refractivity contribution in [2.75, 3.05) is 19.8 Å². The van der Waals surface area contributed by atoms with Gasteiger partial charge in [0.2, 0.25) is 5.91 Å². The van der Waals surface area contributed by atoms with E-state index in [1.54, 1.807) is 0 Å². The Hall–Kier alpha value is -0.650. The van der Waals surface area contributed by atoms with Gasteiger partial charge in [0.1, 0.15) is 6.04 Å². The van der Waals surface area contributed by atoms with E-state index < -0.39 is 0 Å². The summed E-state index contributed by atoms with van der Waals surface area (Å²) >= 11 is 0. The van der Waals surface area contributed by atoms with E-state index in [0.29, 0.717) is 19.3 Å². The fourth-order valence-electron chi connectivity index (χ4n) is 2.00. The molecule has 0 spiro atoms. The molecule has 0 aromatic carbocycles. The zero-order valence-corrected chi connectivity index (χ0v) is 10.2. The highest BCUT2D eigenvalue weighted by Crippen LogP contribution is 2.19. The Balaban J connectivity index is 1.62. The second kappa shape index (κ2) is 6.33. The van der Waals surface area contributed by atoms with E-state index in [4.69, 9.17) is 15.2 Å². The van der Waals surface area contributed by atoms with Gasteiger partial charge in [-0.1, -0.05) is 0 Å². The molecule has 1 aliphatic heterocycles. The number of hydrogen-bond acceptors (Lipinski definition) is 4. The molecule has 0 aromatic rings. The van der Waals surface area contributed by atoms with Crippen LogP contribution in [0.3, 0.4) is 0 Å². The van der Waals surface area contributed by atoms with E-state index in [0.717, 1.165) is 32.3 Å². The Bertz CT molecular complexity index is 250. The van der Waals surface area contributed by atoms with Crippen molar-refractivity contribution < 1.29 is 14.3 Å². The van der Waals surface area contributed by atoms with E-state index in [2.05, 4.69) is 5.32 Å². The molecule has 5 heteroatoms. The van der Waals surface area contributed by atoms with Crippen LogP contribution in [0.15, 0.2) is 0 Å². The lowest BCUT2D eigenvalue weighted by atomic mass is 10.1. The van der Waals surface area contributed by atoms with E-state index in [9.17, 15) is 4.79 Å². The topological polar surface area (TPSA) is 73.6 Å². The SMILES string of the molecule is NC(=O)C(COCC1CCCCO1)NC1CC1. The van der Waals surface area contributed by atoms with Crippen LogP contribution in [-0.2, 0) is 14.3 Å². The van der Waals surface area contributed by atoms with Crippen molar-refractivity contribution in [1.82, 2.24) is 5.32 Å². The lowest BCUT2D eigenvalue weighted by Gasteiger charge is -2.23. The van der Waals surface area contributed by atoms with Crippen LogP contribution in [-0.4, -0.2) is 43.9 Å². The maximum Gasteiger partial charge on any atom is 0.236 e. The summed E-state index contributed by atoms with van der Waals surface area (Å²) in [5.74, 6) is -0.332. The van der Waals surface area contributed by atoms with Crippen molar-refractivity contribution in [1.29, 1.82) is 0 Å². The van der Waals surface area contributed by atoms with E-state index in [1.807, 2.05) is 0 Å². The molecule has 98 valence electrons. The highest BCUT2D eigenvalue weighted by atomic mass is 16.5. The zero-order chi connectivity index (χ0) is 12.1. The van der Waals surface area contributed by atoms with Gasteiger partial charge in [0.05, 0.1) is 19.3 Å². The number of hydrogen-bond donors (Lipinski definition) is 2. The molecule has 5 nitrogen and oxygen atoms in total. The molecule has 2 unspecified atom stereocenters. The average Bonchev–Trinajstić information content (AvgIpc) is 3.13. The molecule has 0 bridgehead atoms. The number of amides is 1. The minimum absolute atomic E-state index is 0.193. The van der Waals surface area contributed by atoms with Crippen molar-refractivity contribution >= 4 is 5.91 Å². The van der Waals surface area contributed by atoms with Crippen molar-refractivity contribution in [2.24, 2.45) is 5.73 Å². The highest BCUT2D eigenvalue weighted by Gasteiger charge is 2.27. The summed E-state index contributed by atoms with van der Waals surface area (Å²) in [4.78, 5) is 11.2. The lowest BCUT2D eigenvalue weighted by molar-refractivity contribution is -0.122. The zero-order valence-electron chi connectivity index (χ0n) is 10.2. The Morgan fingerprint density at radius 2 is 2.24 bits per heavy atom. The number of rotatable bonds is 7. The van der Waals surface area contributed by atoms with Gasteiger partial charge in [-0.3, -0.25) is 4.79 Å². The summed E-state index contributed by atoms with van der Waals surface area (Å²) in [6, 6.07) is 0.105. The molecule has 1 heterocycles. The van der Waals surface area contributed by atoms with Crippen LogP contribution in [0.5, 0.6) is 0 Å². The number of carbonyl (C=O) groups is 1. The van der Waals surface area contributed by atoms with Crippen LogP contribution in [0, 0.1) is 0 Å². The third kappa shape index (κ3) is 4.61. The molecule has 2 rings (SSSR count). The molecule has 1 saturated heterocycles. The molecule has 2 atom stereocenters. The first-order valence-electron chi connectivity index (χ1n) is 6.50. The fourth-order valence-corrected chi connectivity index (χ4v) is 2.00. The molecule has 1 aliphatic carbocycles. The molecule has 1 amide bonds. The molecule has 17 heavy (non-hydrogen) atoms. The van der Waals surface area contributed by atoms with Crippen molar-refractivity contribution in [2.45, 2.75) is 50.3 Å².